The molecule has 94 valence electrons. The minimum atomic E-state index is 0.686. The Labute approximate surface area is 116 Å². The van der Waals surface area contributed by atoms with Crippen molar-refractivity contribution < 1.29 is 4.74 Å². The molecule has 1 aliphatic heterocycles. The molecule has 0 saturated carbocycles. The Bertz CT molecular complexity index is 505. The van der Waals surface area contributed by atoms with Crippen LogP contribution >= 0.6 is 15.9 Å². The maximum Gasteiger partial charge on any atom is 0.0992 e. The average molecular weight is 307 g/mol. The zero-order valence-corrected chi connectivity index (χ0v) is 11.9. The zero-order chi connectivity index (χ0) is 13.0. The molecule has 1 aliphatic rings. The third-order valence-corrected chi connectivity index (χ3v) is 3.47. The molecule has 3 nitrogen and oxygen atoms in total. The number of nitrogens with zero attached hydrogens (tertiary/aromatic N) is 2. The molecule has 0 atom stereocenters. The van der Waals surface area contributed by atoms with Gasteiger partial charge in [-0.25, -0.2) is 0 Å². The van der Waals surface area contributed by atoms with Crippen molar-refractivity contribution in [3.05, 3.63) is 39.9 Å². The number of halogens is 1. The van der Waals surface area contributed by atoms with Crippen LogP contribution in [0.2, 0.25) is 0 Å². The third-order valence-electron chi connectivity index (χ3n) is 3.01. The number of ether oxygens (including phenoxy) is 1. The van der Waals surface area contributed by atoms with Crippen LogP contribution in [0.25, 0.3) is 0 Å². The number of nitriles is 1. The summed E-state index contributed by atoms with van der Waals surface area (Å²) in [6, 6.07) is 8.00. The number of rotatable bonds is 3. The minimum absolute atomic E-state index is 0.686. The van der Waals surface area contributed by atoms with E-state index in [1.54, 1.807) is 7.11 Å². The Hall–Kier alpha value is -1.31. The van der Waals surface area contributed by atoms with Crippen LogP contribution in [-0.2, 0) is 4.74 Å². The highest BCUT2D eigenvalue weighted by Crippen LogP contribution is 2.25. The van der Waals surface area contributed by atoms with Gasteiger partial charge >= 0.3 is 0 Å². The van der Waals surface area contributed by atoms with Gasteiger partial charge in [-0.1, -0.05) is 22.0 Å². The summed E-state index contributed by atoms with van der Waals surface area (Å²) in [4.78, 5) is 2.27. The fraction of sp³-hybridized carbons (Fsp3) is 0.357. The molecule has 0 radical (unpaired) electrons. The molecule has 0 aromatic heterocycles. The van der Waals surface area contributed by atoms with Gasteiger partial charge in [0.2, 0.25) is 0 Å². The van der Waals surface area contributed by atoms with Crippen molar-refractivity contribution >= 4 is 21.6 Å². The number of benzene rings is 1. The van der Waals surface area contributed by atoms with Gasteiger partial charge in [0.25, 0.3) is 0 Å². The first-order chi connectivity index (χ1) is 8.72. The molecule has 2 rings (SSSR count). The highest BCUT2D eigenvalue weighted by molar-refractivity contribution is 9.10. The number of methoxy groups -OCH3 is 1. The summed E-state index contributed by atoms with van der Waals surface area (Å²) in [5.41, 5.74) is 3.13. The van der Waals surface area contributed by atoms with Crippen molar-refractivity contribution in [1.82, 2.24) is 0 Å². The lowest BCUT2D eigenvalue weighted by Gasteiger charge is -2.28. The summed E-state index contributed by atoms with van der Waals surface area (Å²) in [5, 5.41) is 8.98. The van der Waals surface area contributed by atoms with Gasteiger partial charge in [-0.2, -0.15) is 5.26 Å². The van der Waals surface area contributed by atoms with E-state index in [1.165, 1.54) is 5.57 Å². The van der Waals surface area contributed by atoms with E-state index >= 15 is 0 Å². The monoisotopic (exact) mass is 306 g/mol. The first kappa shape index (κ1) is 13.1. The lowest BCUT2D eigenvalue weighted by atomic mass is 10.1. The summed E-state index contributed by atoms with van der Waals surface area (Å²) in [6.45, 7) is 2.56. The molecule has 0 spiro atoms. The van der Waals surface area contributed by atoms with E-state index < -0.39 is 0 Å². The van der Waals surface area contributed by atoms with E-state index in [0.29, 0.717) is 5.56 Å². The fourth-order valence-electron chi connectivity index (χ4n) is 2.08. The van der Waals surface area contributed by atoms with Crippen molar-refractivity contribution in [2.75, 3.05) is 31.7 Å². The Kier molecular flexibility index (Phi) is 4.40. The lowest BCUT2D eigenvalue weighted by Crippen LogP contribution is -2.29. The van der Waals surface area contributed by atoms with E-state index in [1.807, 2.05) is 12.1 Å². The van der Waals surface area contributed by atoms with Gasteiger partial charge in [0.15, 0.2) is 0 Å². The second kappa shape index (κ2) is 6.03. The maximum absolute atomic E-state index is 8.98. The molecule has 0 bridgehead atoms. The van der Waals surface area contributed by atoms with E-state index in [0.717, 1.165) is 36.3 Å². The van der Waals surface area contributed by atoms with Gasteiger partial charge in [-0.15, -0.1) is 0 Å². The van der Waals surface area contributed by atoms with Crippen LogP contribution in [0.1, 0.15) is 12.0 Å². The summed E-state index contributed by atoms with van der Waals surface area (Å²) in [7, 11) is 1.72. The summed E-state index contributed by atoms with van der Waals surface area (Å²) >= 11 is 3.44. The molecule has 0 aliphatic carbocycles. The molecular formula is C14H15BrN2O. The molecule has 1 heterocycles. The molecular weight excluding hydrogens is 292 g/mol. The van der Waals surface area contributed by atoms with E-state index in [9.17, 15) is 0 Å². The largest absolute Gasteiger partial charge is 0.380 e. The Morgan fingerprint density at radius 2 is 2.28 bits per heavy atom. The van der Waals surface area contributed by atoms with E-state index in [-0.39, 0.29) is 0 Å². The normalized spacial score (nSPS) is 15.2. The van der Waals surface area contributed by atoms with Crippen molar-refractivity contribution in [3.8, 4) is 6.07 Å². The SMILES string of the molecule is COCC1=CCN(c2cc(Br)cc(C#N)c2)CC1. The minimum Gasteiger partial charge on any atom is -0.380 e. The van der Waals surface area contributed by atoms with Gasteiger partial charge in [0.1, 0.15) is 0 Å². The molecule has 1 aromatic carbocycles. The second-order valence-corrected chi connectivity index (χ2v) is 5.22. The van der Waals surface area contributed by atoms with E-state index in [2.05, 4.69) is 39.0 Å². The summed E-state index contributed by atoms with van der Waals surface area (Å²) in [6.07, 6.45) is 3.22. The highest BCUT2D eigenvalue weighted by Gasteiger charge is 2.13. The first-order valence-electron chi connectivity index (χ1n) is 5.85. The zero-order valence-electron chi connectivity index (χ0n) is 10.3. The number of anilines is 1. The topological polar surface area (TPSA) is 36.3 Å². The summed E-state index contributed by atoms with van der Waals surface area (Å²) in [5.74, 6) is 0. The molecule has 0 saturated heterocycles. The van der Waals surface area contributed by atoms with Gasteiger partial charge in [-0.05, 0) is 30.2 Å². The molecule has 0 fully saturated rings. The molecule has 0 unspecified atom stereocenters. The van der Waals surface area contributed by atoms with Gasteiger partial charge in [-0.3, -0.25) is 0 Å². The van der Waals surface area contributed by atoms with Crippen LogP contribution in [0.4, 0.5) is 5.69 Å². The van der Waals surface area contributed by atoms with Crippen molar-refractivity contribution in [3.63, 3.8) is 0 Å². The maximum atomic E-state index is 8.98. The van der Waals surface area contributed by atoms with Crippen LogP contribution in [0.3, 0.4) is 0 Å². The fourth-order valence-corrected chi connectivity index (χ4v) is 2.56. The molecule has 0 N–H and O–H groups in total. The van der Waals surface area contributed by atoms with Crippen LogP contribution in [0.15, 0.2) is 34.3 Å². The van der Waals surface area contributed by atoms with Crippen molar-refractivity contribution in [2.24, 2.45) is 0 Å². The Morgan fingerprint density at radius 1 is 1.44 bits per heavy atom. The van der Waals surface area contributed by atoms with Crippen LogP contribution in [0.5, 0.6) is 0 Å². The van der Waals surface area contributed by atoms with Gasteiger partial charge in [0.05, 0.1) is 18.2 Å². The standard InChI is InChI=1S/C14H15BrN2O/c1-18-10-11-2-4-17(5-3-11)14-7-12(9-16)6-13(15)8-14/h2,6-8H,3-5,10H2,1H3. The smallest absolute Gasteiger partial charge is 0.0992 e. The van der Waals surface area contributed by atoms with Crippen LogP contribution in [0, 0.1) is 11.3 Å². The summed E-state index contributed by atoms with van der Waals surface area (Å²) < 4.78 is 6.09. The third kappa shape index (κ3) is 3.12. The van der Waals surface area contributed by atoms with Crippen molar-refractivity contribution in [2.45, 2.75) is 6.42 Å². The second-order valence-electron chi connectivity index (χ2n) is 4.30. The van der Waals surface area contributed by atoms with Gasteiger partial charge < -0.3 is 9.64 Å². The van der Waals surface area contributed by atoms with Crippen LogP contribution in [-0.4, -0.2) is 26.8 Å². The Balaban J connectivity index is 2.15. The number of hydrogen-bond donors (Lipinski definition) is 0. The first-order valence-corrected chi connectivity index (χ1v) is 6.64. The highest BCUT2D eigenvalue weighted by atomic mass is 79.9. The van der Waals surface area contributed by atoms with E-state index in [4.69, 9.17) is 10.00 Å². The number of hydrogen-bond acceptors (Lipinski definition) is 3. The predicted molar refractivity (Wildman–Crippen MR) is 75.6 cm³/mol. The molecule has 18 heavy (non-hydrogen) atoms. The average Bonchev–Trinajstić information content (AvgIpc) is 2.39. The predicted octanol–water partition coefficient (Wildman–Crippen LogP) is 3.10. The molecule has 1 aromatic rings. The quantitative estimate of drug-likeness (QED) is 0.805. The lowest BCUT2D eigenvalue weighted by molar-refractivity contribution is 0.222. The van der Waals surface area contributed by atoms with Crippen molar-refractivity contribution in [1.29, 1.82) is 5.26 Å². The molecule has 0 amide bonds. The Morgan fingerprint density at radius 3 is 2.89 bits per heavy atom. The molecule has 4 heteroatoms. The van der Waals surface area contributed by atoms with Gasteiger partial charge in [0, 0.05) is 30.4 Å². The van der Waals surface area contributed by atoms with Crippen LogP contribution < -0.4 is 4.90 Å².